The van der Waals surface area contributed by atoms with Crippen molar-refractivity contribution in [2.24, 2.45) is 16.7 Å². The summed E-state index contributed by atoms with van der Waals surface area (Å²) in [4.78, 5) is 100. The number of allylic oxidation sites excluding steroid dienone is 4. The zero-order valence-corrected chi connectivity index (χ0v) is 49.0. The number of rotatable bonds is 26. The molecule has 11 atom stereocenters. The van der Waals surface area contributed by atoms with Crippen molar-refractivity contribution in [1.82, 2.24) is 5.32 Å². The highest BCUT2D eigenvalue weighted by Crippen LogP contribution is 2.65. The number of ether oxygens (including phenoxy) is 7. The number of fused-ring (bicyclic) bond motifs is 5. The Morgan fingerprint density at radius 3 is 1.92 bits per heavy atom. The molecule has 2 unspecified atom stereocenters. The molecular formula is C66H83NO16. The Labute approximate surface area is 487 Å². The Bertz CT molecular complexity index is 2830. The van der Waals surface area contributed by atoms with E-state index in [1.165, 1.54) is 45.2 Å². The van der Waals surface area contributed by atoms with Gasteiger partial charge in [0, 0.05) is 37.7 Å². The third-order valence-electron chi connectivity index (χ3n) is 17.3. The second-order valence-electron chi connectivity index (χ2n) is 23.1. The number of hydrogen-bond donors (Lipinski definition) is 3. The molecule has 2 saturated carbocycles. The zero-order valence-electron chi connectivity index (χ0n) is 49.0. The van der Waals surface area contributed by atoms with E-state index >= 15 is 4.79 Å². The second-order valence-corrected chi connectivity index (χ2v) is 23.1. The van der Waals surface area contributed by atoms with Gasteiger partial charge in [0.1, 0.15) is 30.0 Å². The fraction of sp³-hybridized carbons (Fsp3) is 0.530. The summed E-state index contributed by atoms with van der Waals surface area (Å²) in [5.74, 6) is -7.10. The Balaban J connectivity index is 1.20. The molecule has 1 heterocycles. The number of nitrogens with one attached hydrogen (secondary N) is 1. The van der Waals surface area contributed by atoms with Crippen LogP contribution < -0.4 is 5.32 Å². The number of unbranched alkanes of at least 4 members (excludes halogenated alkanes) is 9. The standard InChI is InChI=1S/C66H83NO16/c1-8-9-10-11-12-13-14-15-16-17-18-19-20-21-22-32-39-77-62(75)81-50-40-51-65(42-78-51,83-45(4)69)56-58(82-60(73)48-37-30-25-31-38-48)66(76)41-49(43(2)52(63(66,5)6)55(79-44(3)68)57(71)64(50,56)7)80-61(74)54(70)53(46-33-26-23-27-34-46)67-59(72)47-35-28-24-29-36-47/h12-13,15-16,23-31,33-38,49-51,53-56,58,70,76H,8-11,14,17-22,32,39-42H2,1-7H3,(H,67,72)/b13-12-,16-15-/t49?,50-,51+,53-,54?,55+,56-,58-,64+,65-,66+/m0/s1. The van der Waals surface area contributed by atoms with Crippen molar-refractivity contribution < 1.29 is 76.9 Å². The number of benzene rings is 3. The molecule has 17 heteroatoms. The van der Waals surface area contributed by atoms with E-state index < -0.39 is 119 Å². The van der Waals surface area contributed by atoms with Crippen LogP contribution in [0.25, 0.3) is 0 Å². The van der Waals surface area contributed by atoms with Gasteiger partial charge in [0.05, 0.1) is 36.2 Å². The molecule has 1 aliphatic heterocycles. The molecule has 3 aromatic carbocycles. The molecule has 4 aliphatic rings. The number of Topliss-reactive ketones (excluding diaryl/α,β-unsaturated/α-hetero) is 1. The number of ketones is 1. The lowest BCUT2D eigenvalue weighted by Gasteiger charge is -2.67. The van der Waals surface area contributed by atoms with E-state index in [1.54, 1.807) is 92.7 Å². The number of hydrogen-bond acceptors (Lipinski definition) is 16. The van der Waals surface area contributed by atoms with Crippen LogP contribution in [0, 0.1) is 16.7 Å². The first-order valence-corrected chi connectivity index (χ1v) is 29.4. The van der Waals surface area contributed by atoms with E-state index in [4.69, 9.17) is 33.2 Å². The fourth-order valence-electron chi connectivity index (χ4n) is 12.7. The lowest BCUT2D eigenvalue weighted by atomic mass is 9.44. The summed E-state index contributed by atoms with van der Waals surface area (Å²) in [6.45, 7) is 10.2. The van der Waals surface area contributed by atoms with Crippen LogP contribution in [-0.4, -0.2) is 113 Å². The van der Waals surface area contributed by atoms with Gasteiger partial charge in [-0.05, 0) is 93.3 Å². The van der Waals surface area contributed by atoms with Gasteiger partial charge in [0.2, 0.25) is 0 Å². The maximum Gasteiger partial charge on any atom is 0.508 e. The highest BCUT2D eigenvalue weighted by atomic mass is 16.7. The molecule has 3 N–H and O–H groups in total. The van der Waals surface area contributed by atoms with Crippen LogP contribution in [0.1, 0.15) is 171 Å². The molecule has 0 radical (unpaired) electrons. The Kier molecular flexibility index (Phi) is 21.9. The summed E-state index contributed by atoms with van der Waals surface area (Å²) in [6, 6.07) is 22.9. The zero-order chi connectivity index (χ0) is 60.0. The average molecular weight is 1150 g/mol. The Morgan fingerprint density at radius 1 is 0.735 bits per heavy atom. The number of esters is 4. The molecule has 448 valence electrons. The third-order valence-corrected chi connectivity index (χ3v) is 17.3. The van der Waals surface area contributed by atoms with Crippen LogP contribution in [0.5, 0.6) is 0 Å². The highest BCUT2D eigenvalue weighted by molar-refractivity contribution is 5.96. The monoisotopic (exact) mass is 1150 g/mol. The summed E-state index contributed by atoms with van der Waals surface area (Å²) in [7, 11) is 0. The number of amides is 1. The van der Waals surface area contributed by atoms with E-state index in [0.29, 0.717) is 12.0 Å². The van der Waals surface area contributed by atoms with Crippen molar-refractivity contribution in [3.05, 3.63) is 143 Å². The van der Waals surface area contributed by atoms with E-state index in [2.05, 4.69) is 36.5 Å². The molecule has 3 aromatic rings. The molecule has 2 bridgehead atoms. The van der Waals surface area contributed by atoms with Gasteiger partial charge in [0.15, 0.2) is 23.6 Å². The molecule has 0 spiro atoms. The van der Waals surface area contributed by atoms with Gasteiger partial charge in [-0.15, -0.1) is 0 Å². The summed E-state index contributed by atoms with van der Waals surface area (Å²) in [5.41, 5.74) is -7.53. The average Bonchev–Trinajstić information content (AvgIpc) is 0.824. The molecule has 17 nitrogen and oxygen atoms in total. The predicted octanol–water partition coefficient (Wildman–Crippen LogP) is 10.7. The first-order chi connectivity index (χ1) is 39.7. The van der Waals surface area contributed by atoms with Gasteiger partial charge in [-0.3, -0.25) is 19.2 Å². The van der Waals surface area contributed by atoms with Gasteiger partial charge in [-0.2, -0.15) is 0 Å². The predicted molar refractivity (Wildman–Crippen MR) is 307 cm³/mol. The molecule has 0 aromatic heterocycles. The van der Waals surface area contributed by atoms with Crippen molar-refractivity contribution >= 4 is 41.7 Å². The normalized spacial score (nSPS) is 26.9. The first kappa shape index (κ1) is 63.6. The van der Waals surface area contributed by atoms with Crippen LogP contribution in [0.15, 0.2) is 126 Å². The highest BCUT2D eigenvalue weighted by Gasteiger charge is 2.79. The van der Waals surface area contributed by atoms with Crippen molar-refractivity contribution in [3.63, 3.8) is 0 Å². The fourth-order valence-corrected chi connectivity index (χ4v) is 12.7. The minimum absolute atomic E-state index is 0.000634. The van der Waals surface area contributed by atoms with Crippen molar-refractivity contribution in [1.29, 1.82) is 0 Å². The lowest BCUT2D eigenvalue weighted by Crippen LogP contribution is -2.82. The lowest BCUT2D eigenvalue weighted by molar-refractivity contribution is -0.346. The molecule has 1 amide bonds. The molecule has 83 heavy (non-hydrogen) atoms. The smallest absolute Gasteiger partial charge is 0.456 e. The quantitative estimate of drug-likeness (QED) is 0.0293. The van der Waals surface area contributed by atoms with Gasteiger partial charge in [-0.1, -0.05) is 150 Å². The molecule has 1 saturated heterocycles. The summed E-state index contributed by atoms with van der Waals surface area (Å²) in [5, 5.41) is 28.9. The van der Waals surface area contributed by atoms with Crippen LogP contribution in [0.3, 0.4) is 0 Å². The van der Waals surface area contributed by atoms with Crippen LogP contribution >= 0.6 is 0 Å². The second kappa shape index (κ2) is 28.6. The maximum atomic E-state index is 16.3. The number of carbonyl (C=O) groups is 7. The van der Waals surface area contributed by atoms with Gasteiger partial charge < -0.3 is 48.7 Å². The summed E-state index contributed by atoms with van der Waals surface area (Å²) < 4.78 is 43.1. The van der Waals surface area contributed by atoms with Gasteiger partial charge >= 0.3 is 30.0 Å². The van der Waals surface area contributed by atoms with Crippen molar-refractivity contribution in [3.8, 4) is 0 Å². The van der Waals surface area contributed by atoms with Crippen LogP contribution in [0.4, 0.5) is 4.79 Å². The van der Waals surface area contributed by atoms with E-state index in [1.807, 2.05) is 0 Å². The number of aliphatic hydroxyl groups is 2. The molecular weight excluding hydrogens is 1060 g/mol. The van der Waals surface area contributed by atoms with Crippen molar-refractivity contribution in [2.45, 2.75) is 192 Å². The van der Waals surface area contributed by atoms with Crippen LogP contribution in [0.2, 0.25) is 0 Å². The van der Waals surface area contributed by atoms with Crippen molar-refractivity contribution in [2.75, 3.05) is 13.2 Å². The topological polar surface area (TPSA) is 237 Å². The Morgan fingerprint density at radius 2 is 1.33 bits per heavy atom. The number of carbonyl (C=O) groups excluding carboxylic acids is 7. The van der Waals surface area contributed by atoms with Gasteiger partial charge in [0.25, 0.3) is 5.91 Å². The minimum atomic E-state index is -2.48. The largest absolute Gasteiger partial charge is 0.508 e. The Hall–Kier alpha value is -6.95. The molecule has 7 rings (SSSR count). The minimum Gasteiger partial charge on any atom is -0.456 e. The van der Waals surface area contributed by atoms with E-state index in [-0.39, 0.29) is 41.9 Å². The third kappa shape index (κ3) is 14.4. The first-order valence-electron chi connectivity index (χ1n) is 29.4. The van der Waals surface area contributed by atoms with Gasteiger partial charge in [-0.25, -0.2) is 14.4 Å². The van der Waals surface area contributed by atoms with E-state index in [9.17, 15) is 39.0 Å². The summed E-state index contributed by atoms with van der Waals surface area (Å²) >= 11 is 0. The molecule has 3 aliphatic carbocycles. The van der Waals surface area contributed by atoms with Crippen LogP contribution in [-0.2, 0) is 52.3 Å². The summed E-state index contributed by atoms with van der Waals surface area (Å²) in [6.07, 6.45) is 9.05. The van der Waals surface area contributed by atoms with E-state index in [0.717, 1.165) is 65.2 Å². The maximum absolute atomic E-state index is 16.3. The molecule has 3 fully saturated rings. The SMILES string of the molecule is CCCCC/C=C\C/C=C\CCCCCCCCOC(=O)O[C@H]1C[C@H]2OC[C@@]2(OC(C)=O)[C@H]2[C@H](OC(=O)c3ccccc3)[C@]3(O)CC(OC(=O)C(O)[C@@H](NC(=O)c4ccccc4)c4ccccc4)C(C)=C([C@@H](OC(C)=O)C(=O)[C@]12C)C3(C)C. The number of aliphatic hydroxyl groups excluding tert-OH is 1.